The largest absolute Gasteiger partial charge is 0.304 e. The molecule has 0 spiro atoms. The summed E-state index contributed by atoms with van der Waals surface area (Å²) >= 11 is 0.874. The van der Waals surface area contributed by atoms with Gasteiger partial charge in [0, 0.05) is 0 Å². The molecule has 7 heteroatoms. The number of halogens is 7. The van der Waals surface area contributed by atoms with Crippen LogP contribution in [0.4, 0.5) is 26.3 Å². The molecule has 72 valence electrons. The minimum Gasteiger partial charge on any atom is -0.238 e. The van der Waals surface area contributed by atoms with Gasteiger partial charge in [0.15, 0.2) is 6.17 Å². The normalized spacial score (nSPS) is 16.0. The molecule has 2 atom stereocenters. The van der Waals surface area contributed by atoms with Crippen LogP contribution in [0.15, 0.2) is 11.9 Å². The Kier molecular flexibility index (Phi) is 4.95. The highest BCUT2D eigenvalue weighted by atomic mass is 127. The van der Waals surface area contributed by atoms with Gasteiger partial charge >= 0.3 is 6.08 Å². The van der Waals surface area contributed by atoms with Crippen LogP contribution in [-0.2, 0) is 0 Å². The summed E-state index contributed by atoms with van der Waals surface area (Å²) in [7, 11) is 0. The predicted octanol–water partition coefficient (Wildman–Crippen LogP) is 3.47. The lowest BCUT2D eigenvalue weighted by Gasteiger charge is -2.11. The van der Waals surface area contributed by atoms with E-state index in [0.717, 1.165) is 22.6 Å². The SMILES string of the molecule is FC(F)=C(F)C(F)C(I)C(F)F. The fraction of sp³-hybridized carbons (Fsp3) is 0.600. The van der Waals surface area contributed by atoms with Gasteiger partial charge in [0.05, 0.1) is 0 Å². The van der Waals surface area contributed by atoms with Crippen molar-refractivity contribution in [2.24, 2.45) is 0 Å². The standard InChI is InChI=1S/C5H3F6I/c6-1(2(7)4(8)9)3(12)5(10)11/h1,3,5H. The molecule has 0 saturated carbocycles. The molecule has 0 bridgehead atoms. The van der Waals surface area contributed by atoms with Gasteiger partial charge in [-0.2, -0.15) is 8.78 Å². The second-order valence-electron chi connectivity index (χ2n) is 1.79. The molecule has 0 aliphatic rings. The summed E-state index contributed by atoms with van der Waals surface area (Å²) in [5.74, 6) is -2.42. The quantitative estimate of drug-likeness (QED) is 0.425. The predicted molar refractivity (Wildman–Crippen MR) is 39.1 cm³/mol. The third-order valence-corrected chi connectivity index (χ3v) is 2.12. The van der Waals surface area contributed by atoms with Gasteiger partial charge in [-0.25, -0.2) is 17.6 Å². The monoisotopic (exact) mass is 304 g/mol. The zero-order chi connectivity index (χ0) is 9.89. The minimum atomic E-state index is -3.18. The molecule has 0 aromatic rings. The van der Waals surface area contributed by atoms with Crippen molar-refractivity contribution in [2.45, 2.75) is 16.5 Å². The topological polar surface area (TPSA) is 0 Å². The highest BCUT2D eigenvalue weighted by molar-refractivity contribution is 14.1. The average molecular weight is 304 g/mol. The van der Waals surface area contributed by atoms with E-state index in [4.69, 9.17) is 0 Å². The summed E-state index contributed by atoms with van der Waals surface area (Å²) in [5.41, 5.74) is 0. The van der Waals surface area contributed by atoms with E-state index >= 15 is 0 Å². The van der Waals surface area contributed by atoms with E-state index < -0.39 is 28.4 Å². The molecule has 0 aromatic carbocycles. The Labute approximate surface area is 77.8 Å². The third-order valence-electron chi connectivity index (χ3n) is 0.943. The van der Waals surface area contributed by atoms with E-state index in [1.807, 2.05) is 0 Å². The van der Waals surface area contributed by atoms with Crippen LogP contribution in [0.5, 0.6) is 0 Å². The number of allylic oxidation sites excluding steroid dienone is 1. The van der Waals surface area contributed by atoms with E-state index in [0.29, 0.717) is 0 Å². The van der Waals surface area contributed by atoms with Gasteiger partial charge in [-0.3, -0.25) is 0 Å². The maximum atomic E-state index is 12.3. The molecule has 0 aromatic heterocycles. The van der Waals surface area contributed by atoms with E-state index in [2.05, 4.69) is 0 Å². The van der Waals surface area contributed by atoms with Crippen LogP contribution in [0.3, 0.4) is 0 Å². The molecule has 0 N–H and O–H groups in total. The molecular formula is C5H3F6I. The highest BCUT2D eigenvalue weighted by Crippen LogP contribution is 2.27. The zero-order valence-electron chi connectivity index (χ0n) is 5.38. The number of alkyl halides is 4. The van der Waals surface area contributed by atoms with Gasteiger partial charge in [-0.15, -0.1) is 0 Å². The van der Waals surface area contributed by atoms with E-state index in [9.17, 15) is 26.3 Å². The third kappa shape index (κ3) is 3.20. The summed E-state index contributed by atoms with van der Waals surface area (Å²) < 4.78 is 68.0. The van der Waals surface area contributed by atoms with Crippen LogP contribution in [0, 0.1) is 0 Å². The Hall–Kier alpha value is 0.0500. The van der Waals surface area contributed by atoms with Crippen molar-refractivity contribution >= 4 is 22.6 Å². The molecule has 0 saturated heterocycles. The van der Waals surface area contributed by atoms with Crippen LogP contribution >= 0.6 is 22.6 Å². The molecule has 0 rings (SSSR count). The van der Waals surface area contributed by atoms with Gasteiger partial charge < -0.3 is 0 Å². The summed E-state index contributed by atoms with van der Waals surface area (Å²) in [4.78, 5) is 0. The first-order valence-corrected chi connectivity index (χ1v) is 3.89. The lowest BCUT2D eigenvalue weighted by atomic mass is 10.2. The molecule has 0 radical (unpaired) electrons. The van der Waals surface area contributed by atoms with Gasteiger partial charge in [0.2, 0.25) is 5.83 Å². The molecule has 0 nitrogen and oxygen atoms in total. The lowest BCUT2D eigenvalue weighted by Crippen LogP contribution is -2.24. The van der Waals surface area contributed by atoms with Crippen molar-refractivity contribution in [1.29, 1.82) is 0 Å². The van der Waals surface area contributed by atoms with Crippen LogP contribution in [0.2, 0.25) is 0 Å². The second kappa shape index (κ2) is 4.93. The number of hydrogen-bond donors (Lipinski definition) is 0. The van der Waals surface area contributed by atoms with Crippen molar-refractivity contribution in [3.63, 3.8) is 0 Å². The second-order valence-corrected chi connectivity index (χ2v) is 3.23. The summed E-state index contributed by atoms with van der Waals surface area (Å²) in [6.45, 7) is 0. The Balaban J connectivity index is 4.40. The fourth-order valence-electron chi connectivity index (χ4n) is 0.372. The van der Waals surface area contributed by atoms with E-state index in [1.165, 1.54) is 0 Å². The Morgan fingerprint density at radius 3 is 1.67 bits per heavy atom. The highest BCUT2D eigenvalue weighted by Gasteiger charge is 2.33. The van der Waals surface area contributed by atoms with Crippen molar-refractivity contribution < 1.29 is 26.3 Å². The van der Waals surface area contributed by atoms with Gasteiger partial charge in [-0.1, -0.05) is 22.6 Å². The Morgan fingerprint density at radius 2 is 1.42 bits per heavy atom. The lowest BCUT2D eigenvalue weighted by molar-refractivity contribution is 0.115. The average Bonchev–Trinajstić information content (AvgIpc) is 2.00. The van der Waals surface area contributed by atoms with Crippen LogP contribution in [0.25, 0.3) is 0 Å². The van der Waals surface area contributed by atoms with Gasteiger partial charge in [0.25, 0.3) is 6.43 Å². The fourth-order valence-corrected chi connectivity index (χ4v) is 0.687. The summed E-state index contributed by atoms with van der Waals surface area (Å²) in [6.07, 6.45) is -9.02. The van der Waals surface area contributed by atoms with Crippen molar-refractivity contribution in [3.8, 4) is 0 Å². The first kappa shape index (κ1) is 12.0. The van der Waals surface area contributed by atoms with E-state index in [1.54, 1.807) is 0 Å². The van der Waals surface area contributed by atoms with Crippen LogP contribution in [0.1, 0.15) is 0 Å². The van der Waals surface area contributed by atoms with Crippen molar-refractivity contribution in [2.75, 3.05) is 0 Å². The smallest absolute Gasteiger partial charge is 0.238 e. The Morgan fingerprint density at radius 1 is 1.00 bits per heavy atom. The first-order chi connectivity index (χ1) is 5.37. The molecule has 0 amide bonds. The maximum Gasteiger partial charge on any atom is 0.304 e. The molecule has 12 heavy (non-hydrogen) atoms. The Bertz CT molecular complexity index is 175. The maximum absolute atomic E-state index is 12.3. The zero-order valence-corrected chi connectivity index (χ0v) is 7.54. The molecule has 2 unspecified atom stereocenters. The minimum absolute atomic E-state index is 0.874. The van der Waals surface area contributed by atoms with Crippen molar-refractivity contribution in [1.82, 2.24) is 0 Å². The summed E-state index contributed by atoms with van der Waals surface area (Å²) in [6, 6.07) is 0. The summed E-state index contributed by atoms with van der Waals surface area (Å²) in [5, 5.41) is 0. The number of rotatable bonds is 3. The molecule has 0 heterocycles. The number of hydrogen-bond acceptors (Lipinski definition) is 0. The van der Waals surface area contributed by atoms with Gasteiger partial charge in [0.1, 0.15) is 3.92 Å². The van der Waals surface area contributed by atoms with Crippen LogP contribution in [-0.4, -0.2) is 16.5 Å². The molecule has 0 aliphatic heterocycles. The van der Waals surface area contributed by atoms with Crippen LogP contribution < -0.4 is 0 Å². The molecule has 0 aliphatic carbocycles. The molecular weight excluding hydrogens is 301 g/mol. The van der Waals surface area contributed by atoms with E-state index in [-0.39, 0.29) is 0 Å². The van der Waals surface area contributed by atoms with Crippen molar-refractivity contribution in [3.05, 3.63) is 11.9 Å². The molecule has 0 fully saturated rings. The van der Waals surface area contributed by atoms with Gasteiger partial charge in [-0.05, 0) is 0 Å². The first-order valence-electron chi connectivity index (χ1n) is 2.65.